The molecule has 0 unspecified atom stereocenters. The molecule has 0 fully saturated rings. The summed E-state index contributed by atoms with van der Waals surface area (Å²) in [5.74, 6) is -1.60. The van der Waals surface area contributed by atoms with Crippen molar-refractivity contribution in [3.63, 3.8) is 0 Å². The fourth-order valence-corrected chi connectivity index (χ4v) is 1.59. The molecule has 1 aromatic heterocycles. The average Bonchev–Trinajstić information content (AvgIpc) is 2.67. The van der Waals surface area contributed by atoms with Crippen molar-refractivity contribution < 1.29 is 18.0 Å². The maximum Gasteiger partial charge on any atom is 0.223 e. The van der Waals surface area contributed by atoms with Gasteiger partial charge >= 0.3 is 0 Å². The summed E-state index contributed by atoms with van der Waals surface area (Å²) in [7, 11) is 0. The van der Waals surface area contributed by atoms with Gasteiger partial charge in [0.25, 0.3) is 0 Å². The van der Waals surface area contributed by atoms with Crippen molar-refractivity contribution >= 4 is 15.9 Å². The Labute approximate surface area is 104 Å². The lowest BCUT2D eigenvalue weighted by Crippen LogP contribution is -2.00. The van der Waals surface area contributed by atoms with E-state index >= 15 is 0 Å². The van der Waals surface area contributed by atoms with E-state index in [0.717, 1.165) is 6.07 Å². The van der Waals surface area contributed by atoms with Crippen LogP contribution in [0.2, 0.25) is 0 Å². The summed E-state index contributed by atoms with van der Waals surface area (Å²) in [4.78, 5) is 3.87. The normalized spacial score (nSPS) is 10.6. The van der Waals surface area contributed by atoms with Gasteiger partial charge in [-0.15, -0.1) is 0 Å². The Kier molecular flexibility index (Phi) is 3.37. The summed E-state index contributed by atoms with van der Waals surface area (Å²) in [5, 5.41) is 3.57. The van der Waals surface area contributed by atoms with Crippen molar-refractivity contribution in [3.8, 4) is 5.75 Å². The zero-order chi connectivity index (χ0) is 12.4. The van der Waals surface area contributed by atoms with Gasteiger partial charge in [0.05, 0.1) is 0 Å². The van der Waals surface area contributed by atoms with Gasteiger partial charge in [0.1, 0.15) is 0 Å². The van der Waals surface area contributed by atoms with Crippen LogP contribution >= 0.6 is 15.9 Å². The maximum absolute atomic E-state index is 13.3. The number of rotatable bonds is 3. The molecule has 0 aliphatic carbocycles. The Bertz CT molecular complexity index is 545. The Morgan fingerprint density at radius 3 is 2.82 bits per heavy atom. The molecular weight excluding hydrogens is 298 g/mol. The second-order valence-electron chi connectivity index (χ2n) is 3.22. The fourth-order valence-electron chi connectivity index (χ4n) is 1.18. The van der Waals surface area contributed by atoms with Crippen LogP contribution in [0.25, 0.3) is 0 Å². The average molecular weight is 305 g/mol. The highest BCUT2D eigenvalue weighted by molar-refractivity contribution is 9.10. The number of hydrogen-bond donors (Lipinski definition) is 0. The number of hydrogen-bond acceptors (Lipinski definition) is 4. The molecule has 0 N–H and O–H groups in total. The largest absolute Gasteiger partial charge is 0.482 e. The molecule has 0 aliphatic rings. The lowest BCUT2D eigenvalue weighted by molar-refractivity contribution is 0.268. The Hall–Kier alpha value is -1.50. The molecule has 0 amide bonds. The van der Waals surface area contributed by atoms with Crippen LogP contribution < -0.4 is 4.74 Å². The molecular formula is C10H7BrF2N2O2. The monoisotopic (exact) mass is 304 g/mol. The van der Waals surface area contributed by atoms with Crippen LogP contribution in [0.3, 0.4) is 0 Å². The smallest absolute Gasteiger partial charge is 0.223 e. The predicted molar refractivity (Wildman–Crippen MR) is 57.4 cm³/mol. The summed E-state index contributed by atoms with van der Waals surface area (Å²) >= 11 is 3.04. The molecule has 0 saturated carbocycles. The van der Waals surface area contributed by atoms with Gasteiger partial charge in [0, 0.05) is 11.4 Å². The van der Waals surface area contributed by atoms with E-state index in [1.807, 2.05) is 0 Å². The minimum Gasteiger partial charge on any atom is -0.482 e. The SMILES string of the molecule is Cc1nc(COc2cc(Br)cc(F)c2F)no1. The summed E-state index contributed by atoms with van der Waals surface area (Å²) in [6.07, 6.45) is 0. The number of ether oxygens (including phenoxy) is 1. The van der Waals surface area contributed by atoms with Crippen molar-refractivity contribution in [2.75, 3.05) is 0 Å². The highest BCUT2D eigenvalue weighted by Crippen LogP contribution is 2.25. The third kappa shape index (κ3) is 2.79. The molecule has 90 valence electrons. The van der Waals surface area contributed by atoms with Crippen molar-refractivity contribution in [2.45, 2.75) is 13.5 Å². The summed E-state index contributed by atoms with van der Waals surface area (Å²) in [6, 6.07) is 2.34. The number of halogens is 3. The van der Waals surface area contributed by atoms with Gasteiger partial charge in [0.15, 0.2) is 18.2 Å². The van der Waals surface area contributed by atoms with E-state index in [1.54, 1.807) is 6.92 Å². The van der Waals surface area contributed by atoms with E-state index in [0.29, 0.717) is 10.4 Å². The molecule has 0 bridgehead atoms. The molecule has 4 nitrogen and oxygen atoms in total. The van der Waals surface area contributed by atoms with E-state index in [4.69, 9.17) is 9.26 Å². The van der Waals surface area contributed by atoms with Gasteiger partial charge in [-0.3, -0.25) is 0 Å². The standard InChI is InChI=1S/C10H7BrF2N2O2/c1-5-14-9(15-17-5)4-16-8-3-6(11)2-7(12)10(8)13/h2-3H,4H2,1H3. The summed E-state index contributed by atoms with van der Waals surface area (Å²) in [5.41, 5.74) is 0. The minimum absolute atomic E-state index is 0.0931. The highest BCUT2D eigenvalue weighted by Gasteiger charge is 2.12. The first-order chi connectivity index (χ1) is 8.06. The van der Waals surface area contributed by atoms with Crippen LogP contribution in [-0.2, 0) is 6.61 Å². The molecule has 0 aliphatic heterocycles. The van der Waals surface area contributed by atoms with Crippen LogP contribution in [0.5, 0.6) is 5.75 Å². The van der Waals surface area contributed by atoms with Gasteiger partial charge in [0.2, 0.25) is 17.5 Å². The second kappa shape index (κ2) is 4.79. The Morgan fingerprint density at radius 2 is 2.18 bits per heavy atom. The molecule has 0 spiro atoms. The molecule has 0 saturated heterocycles. The van der Waals surface area contributed by atoms with Crippen molar-refractivity contribution in [1.82, 2.24) is 10.1 Å². The molecule has 1 aromatic carbocycles. The van der Waals surface area contributed by atoms with E-state index in [9.17, 15) is 8.78 Å². The van der Waals surface area contributed by atoms with Crippen LogP contribution in [0.15, 0.2) is 21.1 Å². The van der Waals surface area contributed by atoms with Gasteiger partial charge in [-0.05, 0) is 12.1 Å². The summed E-state index contributed by atoms with van der Waals surface area (Å²) < 4.78 is 36.5. The van der Waals surface area contributed by atoms with Crippen LogP contribution in [0, 0.1) is 18.6 Å². The zero-order valence-corrected chi connectivity index (χ0v) is 10.3. The number of aryl methyl sites for hydroxylation is 1. The molecule has 1 heterocycles. The molecule has 0 radical (unpaired) electrons. The Balaban J connectivity index is 2.14. The zero-order valence-electron chi connectivity index (χ0n) is 8.71. The van der Waals surface area contributed by atoms with Crippen LogP contribution in [-0.4, -0.2) is 10.1 Å². The lowest BCUT2D eigenvalue weighted by Gasteiger charge is -2.05. The first-order valence-electron chi connectivity index (χ1n) is 4.63. The second-order valence-corrected chi connectivity index (χ2v) is 4.13. The lowest BCUT2D eigenvalue weighted by atomic mass is 10.3. The van der Waals surface area contributed by atoms with Crippen molar-refractivity contribution in [2.24, 2.45) is 0 Å². The van der Waals surface area contributed by atoms with Crippen molar-refractivity contribution in [3.05, 3.63) is 40.0 Å². The predicted octanol–water partition coefficient (Wildman–Crippen LogP) is 3.00. The maximum atomic E-state index is 13.3. The first-order valence-corrected chi connectivity index (χ1v) is 5.42. The molecule has 7 heteroatoms. The van der Waals surface area contributed by atoms with Gasteiger partial charge in [-0.1, -0.05) is 21.1 Å². The quantitative estimate of drug-likeness (QED) is 0.818. The highest BCUT2D eigenvalue weighted by atomic mass is 79.9. The Morgan fingerprint density at radius 1 is 1.41 bits per heavy atom. The third-order valence-electron chi connectivity index (χ3n) is 1.89. The van der Waals surface area contributed by atoms with Crippen LogP contribution in [0.4, 0.5) is 8.78 Å². The molecule has 17 heavy (non-hydrogen) atoms. The van der Waals surface area contributed by atoms with Crippen LogP contribution in [0.1, 0.15) is 11.7 Å². The van der Waals surface area contributed by atoms with Gasteiger partial charge in [-0.2, -0.15) is 9.37 Å². The van der Waals surface area contributed by atoms with Gasteiger partial charge < -0.3 is 9.26 Å². The van der Waals surface area contributed by atoms with E-state index < -0.39 is 11.6 Å². The molecule has 0 atom stereocenters. The molecule has 2 rings (SSSR count). The first kappa shape index (κ1) is 12.0. The van der Waals surface area contributed by atoms with E-state index in [2.05, 4.69) is 26.1 Å². The number of aromatic nitrogens is 2. The minimum atomic E-state index is -1.05. The van der Waals surface area contributed by atoms with Crippen molar-refractivity contribution in [1.29, 1.82) is 0 Å². The topological polar surface area (TPSA) is 48.2 Å². The summed E-state index contributed by atoms with van der Waals surface area (Å²) in [6.45, 7) is 1.53. The fraction of sp³-hybridized carbons (Fsp3) is 0.200. The van der Waals surface area contributed by atoms with E-state index in [-0.39, 0.29) is 18.2 Å². The molecule has 2 aromatic rings. The number of nitrogens with zero attached hydrogens (tertiary/aromatic N) is 2. The van der Waals surface area contributed by atoms with E-state index in [1.165, 1.54) is 6.07 Å². The van der Waals surface area contributed by atoms with Gasteiger partial charge in [-0.25, -0.2) is 4.39 Å². The number of benzene rings is 1. The third-order valence-corrected chi connectivity index (χ3v) is 2.34.